The maximum Gasteiger partial charge on any atom is 0.172 e. The number of oxime groups is 1. The Labute approximate surface area is 111 Å². The molecule has 1 aromatic carbocycles. The van der Waals surface area contributed by atoms with Crippen molar-refractivity contribution in [1.82, 2.24) is 0 Å². The molecule has 0 amide bonds. The molecule has 1 saturated heterocycles. The average Bonchev–Trinajstić information content (AvgIpc) is 2.62. The second kappa shape index (κ2) is 5.88. The Hall–Kier alpha value is -1.82. The van der Waals surface area contributed by atoms with E-state index in [4.69, 9.17) is 15.7 Å². The van der Waals surface area contributed by atoms with E-state index in [1.807, 2.05) is 6.92 Å². The van der Waals surface area contributed by atoms with Crippen LogP contribution in [0.4, 0.5) is 10.1 Å². The zero-order chi connectivity index (χ0) is 13.8. The number of hydrogen-bond acceptors (Lipinski definition) is 4. The lowest BCUT2D eigenvalue weighted by atomic mass is 10.1. The van der Waals surface area contributed by atoms with Crippen LogP contribution in [0.2, 0.25) is 0 Å². The summed E-state index contributed by atoms with van der Waals surface area (Å²) < 4.78 is 18.9. The Bertz CT molecular complexity index is 479. The Balaban J connectivity index is 2.37. The second-order valence-corrected chi connectivity index (χ2v) is 4.63. The minimum absolute atomic E-state index is 0.0904. The zero-order valence-electron chi connectivity index (χ0n) is 10.8. The summed E-state index contributed by atoms with van der Waals surface area (Å²) in [6.07, 6.45) is 0.977. The van der Waals surface area contributed by atoms with Gasteiger partial charge in [-0.25, -0.2) is 4.39 Å². The van der Waals surface area contributed by atoms with Gasteiger partial charge in [-0.05, 0) is 31.5 Å². The van der Waals surface area contributed by atoms with Crippen LogP contribution in [-0.4, -0.2) is 36.8 Å². The van der Waals surface area contributed by atoms with E-state index in [2.05, 4.69) is 10.1 Å². The van der Waals surface area contributed by atoms with Gasteiger partial charge in [-0.1, -0.05) is 5.16 Å². The van der Waals surface area contributed by atoms with E-state index in [9.17, 15) is 4.39 Å². The molecular formula is C13H18FN3O2. The maximum atomic E-state index is 13.3. The molecule has 0 bridgehead atoms. The molecule has 0 radical (unpaired) electrons. The van der Waals surface area contributed by atoms with Crippen LogP contribution in [0.3, 0.4) is 0 Å². The molecule has 104 valence electrons. The fourth-order valence-electron chi connectivity index (χ4n) is 2.26. The smallest absolute Gasteiger partial charge is 0.172 e. The standard InChI is InChI=1S/C13H18FN3O2/c1-9-8-17(5-2-6-19-9)12-4-3-10(14)7-11(12)13(15)16-18/h3-4,7,9,18H,2,5-6,8H2,1H3,(H2,15,16). The summed E-state index contributed by atoms with van der Waals surface area (Å²) in [5.74, 6) is -0.503. The number of rotatable bonds is 2. The minimum Gasteiger partial charge on any atom is -0.409 e. The highest BCUT2D eigenvalue weighted by Crippen LogP contribution is 2.23. The fourth-order valence-corrected chi connectivity index (χ4v) is 2.26. The van der Waals surface area contributed by atoms with Crippen molar-refractivity contribution in [3.05, 3.63) is 29.6 Å². The molecule has 1 atom stereocenters. The molecule has 3 N–H and O–H groups in total. The van der Waals surface area contributed by atoms with Gasteiger partial charge in [0.05, 0.1) is 6.10 Å². The molecule has 1 aliphatic rings. The van der Waals surface area contributed by atoms with E-state index in [0.717, 1.165) is 18.7 Å². The monoisotopic (exact) mass is 267 g/mol. The first-order valence-electron chi connectivity index (χ1n) is 6.26. The molecule has 1 heterocycles. The molecule has 0 aromatic heterocycles. The van der Waals surface area contributed by atoms with Crippen LogP contribution >= 0.6 is 0 Å². The second-order valence-electron chi connectivity index (χ2n) is 4.63. The van der Waals surface area contributed by atoms with Crippen LogP contribution in [-0.2, 0) is 4.74 Å². The van der Waals surface area contributed by atoms with Crippen molar-refractivity contribution >= 4 is 11.5 Å². The molecular weight excluding hydrogens is 249 g/mol. The van der Waals surface area contributed by atoms with Crippen molar-refractivity contribution in [2.45, 2.75) is 19.4 Å². The van der Waals surface area contributed by atoms with Crippen LogP contribution < -0.4 is 10.6 Å². The van der Waals surface area contributed by atoms with Gasteiger partial charge >= 0.3 is 0 Å². The highest BCUT2D eigenvalue weighted by Gasteiger charge is 2.19. The summed E-state index contributed by atoms with van der Waals surface area (Å²) in [5, 5.41) is 11.8. The molecule has 19 heavy (non-hydrogen) atoms. The third-order valence-corrected chi connectivity index (χ3v) is 3.14. The van der Waals surface area contributed by atoms with Crippen molar-refractivity contribution in [2.75, 3.05) is 24.6 Å². The first kappa shape index (κ1) is 13.6. The molecule has 1 aromatic rings. The lowest BCUT2D eigenvalue weighted by Crippen LogP contribution is -2.32. The van der Waals surface area contributed by atoms with Crippen molar-refractivity contribution in [3.63, 3.8) is 0 Å². The third kappa shape index (κ3) is 3.14. The lowest BCUT2D eigenvalue weighted by Gasteiger charge is -2.26. The number of hydrogen-bond donors (Lipinski definition) is 2. The van der Waals surface area contributed by atoms with Gasteiger partial charge in [0, 0.05) is 30.9 Å². The van der Waals surface area contributed by atoms with Crippen LogP contribution in [0.1, 0.15) is 18.9 Å². The quantitative estimate of drug-likeness (QED) is 0.369. The summed E-state index contributed by atoms with van der Waals surface area (Å²) in [6.45, 7) is 4.18. The van der Waals surface area contributed by atoms with Gasteiger partial charge in [-0.15, -0.1) is 0 Å². The van der Waals surface area contributed by atoms with Gasteiger partial charge in [0.1, 0.15) is 5.82 Å². The first-order valence-corrected chi connectivity index (χ1v) is 6.26. The van der Waals surface area contributed by atoms with Gasteiger partial charge in [-0.3, -0.25) is 0 Å². The van der Waals surface area contributed by atoms with Crippen LogP contribution in [0.15, 0.2) is 23.4 Å². The maximum absolute atomic E-state index is 13.3. The lowest BCUT2D eigenvalue weighted by molar-refractivity contribution is 0.0821. The highest BCUT2D eigenvalue weighted by atomic mass is 19.1. The predicted molar refractivity (Wildman–Crippen MR) is 71.2 cm³/mol. The van der Waals surface area contributed by atoms with Gasteiger partial charge in [0.15, 0.2) is 5.84 Å². The Morgan fingerprint density at radius 3 is 3.11 bits per heavy atom. The Morgan fingerprint density at radius 1 is 1.58 bits per heavy atom. The van der Waals surface area contributed by atoms with Crippen molar-refractivity contribution in [1.29, 1.82) is 0 Å². The summed E-state index contributed by atoms with van der Waals surface area (Å²) in [6, 6.07) is 4.31. The third-order valence-electron chi connectivity index (χ3n) is 3.14. The topological polar surface area (TPSA) is 71.1 Å². The number of nitrogens with zero attached hydrogens (tertiary/aromatic N) is 2. The van der Waals surface area contributed by atoms with E-state index in [1.165, 1.54) is 12.1 Å². The van der Waals surface area contributed by atoms with Gasteiger partial charge in [0.2, 0.25) is 0 Å². The largest absolute Gasteiger partial charge is 0.409 e. The van der Waals surface area contributed by atoms with Crippen LogP contribution in [0.5, 0.6) is 0 Å². The predicted octanol–water partition coefficient (Wildman–Crippen LogP) is 1.54. The van der Waals surface area contributed by atoms with E-state index >= 15 is 0 Å². The van der Waals surface area contributed by atoms with E-state index in [1.54, 1.807) is 6.07 Å². The normalized spacial score (nSPS) is 21.3. The SMILES string of the molecule is CC1CN(c2ccc(F)cc2C(N)=NO)CCCO1. The average molecular weight is 267 g/mol. The summed E-state index contributed by atoms with van der Waals surface area (Å²) in [4.78, 5) is 2.07. The molecule has 0 saturated carbocycles. The van der Waals surface area contributed by atoms with Gasteiger partial charge in [-0.2, -0.15) is 0 Å². The summed E-state index contributed by atoms with van der Waals surface area (Å²) in [5.41, 5.74) is 6.78. The Morgan fingerprint density at radius 2 is 2.37 bits per heavy atom. The molecule has 1 fully saturated rings. The van der Waals surface area contributed by atoms with Crippen molar-refractivity contribution in [2.24, 2.45) is 10.9 Å². The highest BCUT2D eigenvalue weighted by molar-refractivity contribution is 6.02. The van der Waals surface area contributed by atoms with Crippen LogP contribution in [0, 0.1) is 5.82 Å². The molecule has 6 heteroatoms. The first-order chi connectivity index (χ1) is 9.11. The number of benzene rings is 1. The molecule has 1 unspecified atom stereocenters. The zero-order valence-corrected chi connectivity index (χ0v) is 10.8. The molecule has 1 aliphatic heterocycles. The van der Waals surface area contributed by atoms with E-state index in [0.29, 0.717) is 18.7 Å². The minimum atomic E-state index is -0.413. The fraction of sp³-hybridized carbons (Fsp3) is 0.462. The molecule has 0 spiro atoms. The molecule has 2 rings (SSSR count). The number of amidine groups is 1. The number of nitrogens with two attached hydrogens (primary N) is 1. The number of anilines is 1. The molecule has 5 nitrogen and oxygen atoms in total. The van der Waals surface area contributed by atoms with E-state index in [-0.39, 0.29) is 11.9 Å². The van der Waals surface area contributed by atoms with Crippen LogP contribution in [0.25, 0.3) is 0 Å². The van der Waals surface area contributed by atoms with Gasteiger partial charge in [0.25, 0.3) is 0 Å². The summed E-state index contributed by atoms with van der Waals surface area (Å²) in [7, 11) is 0. The van der Waals surface area contributed by atoms with Crippen molar-refractivity contribution < 1.29 is 14.3 Å². The molecule has 0 aliphatic carbocycles. The number of halogens is 1. The van der Waals surface area contributed by atoms with E-state index < -0.39 is 5.82 Å². The summed E-state index contributed by atoms with van der Waals surface area (Å²) >= 11 is 0. The van der Waals surface area contributed by atoms with Gasteiger partial charge < -0.3 is 20.6 Å². The van der Waals surface area contributed by atoms with Crippen molar-refractivity contribution in [3.8, 4) is 0 Å². The Kier molecular flexibility index (Phi) is 4.21. The number of ether oxygens (including phenoxy) is 1.